The van der Waals surface area contributed by atoms with Crippen molar-refractivity contribution < 1.29 is 19.0 Å². The second-order valence-corrected chi connectivity index (χ2v) is 6.87. The van der Waals surface area contributed by atoms with Gasteiger partial charge in [-0.3, -0.25) is 9.69 Å². The van der Waals surface area contributed by atoms with Crippen molar-refractivity contribution in [3.05, 3.63) is 30.1 Å². The smallest absolute Gasteiger partial charge is 0.236 e. The van der Waals surface area contributed by atoms with Gasteiger partial charge in [0, 0.05) is 19.6 Å². The van der Waals surface area contributed by atoms with Crippen LogP contribution in [0.1, 0.15) is 25.7 Å². The summed E-state index contributed by atoms with van der Waals surface area (Å²) >= 11 is 0. The van der Waals surface area contributed by atoms with Gasteiger partial charge in [0.2, 0.25) is 5.91 Å². The number of likely N-dealkylation sites (tertiary alicyclic amines) is 2. The Hall–Kier alpha value is -1.66. The summed E-state index contributed by atoms with van der Waals surface area (Å²) in [5.41, 5.74) is -0.974. The molecule has 2 aliphatic rings. The van der Waals surface area contributed by atoms with Crippen molar-refractivity contribution in [2.24, 2.45) is 0 Å². The molecule has 2 heterocycles. The maximum absolute atomic E-state index is 12.9. The van der Waals surface area contributed by atoms with Gasteiger partial charge < -0.3 is 14.7 Å². The van der Waals surface area contributed by atoms with E-state index in [-0.39, 0.29) is 18.3 Å². The number of β-amino-alcohol motifs (C(OH)–C–C–N with tert-alkyl or cyclic N) is 1. The molecule has 1 aromatic carbocycles. The Balaban J connectivity index is 1.51. The van der Waals surface area contributed by atoms with Crippen molar-refractivity contribution in [2.75, 3.05) is 39.3 Å². The molecule has 2 fully saturated rings. The summed E-state index contributed by atoms with van der Waals surface area (Å²) in [6.45, 7) is 3.45. The highest BCUT2D eigenvalue weighted by Gasteiger charge is 2.35. The molecular weight excluding hydrogens is 311 g/mol. The molecule has 0 spiro atoms. The summed E-state index contributed by atoms with van der Waals surface area (Å²) in [6, 6.07) is 5.77. The molecule has 1 aromatic rings. The fraction of sp³-hybridized carbons (Fsp3) is 0.611. The zero-order valence-corrected chi connectivity index (χ0v) is 13.9. The second kappa shape index (κ2) is 7.49. The number of halogens is 1. The molecule has 0 saturated carbocycles. The molecule has 1 atom stereocenters. The minimum absolute atomic E-state index is 0.146. The Morgan fingerprint density at radius 2 is 1.88 bits per heavy atom. The average Bonchev–Trinajstić information content (AvgIpc) is 3.09. The first-order valence-electron chi connectivity index (χ1n) is 8.65. The molecule has 24 heavy (non-hydrogen) atoms. The third-order valence-corrected chi connectivity index (χ3v) is 4.77. The molecule has 1 amide bonds. The number of nitrogens with zero attached hydrogens (tertiary/aromatic N) is 2. The SMILES string of the molecule is O=C(CN1CCCC(O)(COc2ccc(F)cc2)C1)N1CCCC1. The van der Waals surface area contributed by atoms with Crippen molar-refractivity contribution >= 4 is 5.91 Å². The van der Waals surface area contributed by atoms with E-state index in [2.05, 4.69) is 0 Å². The van der Waals surface area contributed by atoms with Crippen molar-refractivity contribution in [2.45, 2.75) is 31.3 Å². The fourth-order valence-electron chi connectivity index (χ4n) is 3.47. The van der Waals surface area contributed by atoms with Gasteiger partial charge in [-0.25, -0.2) is 4.39 Å². The summed E-state index contributed by atoms with van der Waals surface area (Å²) in [5.74, 6) is 0.372. The van der Waals surface area contributed by atoms with Crippen molar-refractivity contribution in [3.8, 4) is 5.75 Å². The summed E-state index contributed by atoms with van der Waals surface area (Å²) in [6.07, 6.45) is 3.64. The molecule has 2 aliphatic heterocycles. The van der Waals surface area contributed by atoms with Crippen molar-refractivity contribution in [1.29, 1.82) is 0 Å². The normalized spacial score (nSPS) is 25.0. The predicted octanol–water partition coefficient (Wildman–Crippen LogP) is 1.65. The fourth-order valence-corrected chi connectivity index (χ4v) is 3.47. The van der Waals surface area contributed by atoms with Crippen LogP contribution in [0.4, 0.5) is 4.39 Å². The number of aliphatic hydroxyl groups is 1. The van der Waals surface area contributed by atoms with Crippen LogP contribution in [0.25, 0.3) is 0 Å². The molecule has 1 unspecified atom stereocenters. The highest BCUT2D eigenvalue weighted by atomic mass is 19.1. The highest BCUT2D eigenvalue weighted by molar-refractivity contribution is 5.78. The lowest BCUT2D eigenvalue weighted by atomic mass is 9.93. The minimum atomic E-state index is -0.974. The third kappa shape index (κ3) is 4.45. The molecule has 0 aromatic heterocycles. The predicted molar refractivity (Wildman–Crippen MR) is 88.3 cm³/mol. The highest BCUT2D eigenvalue weighted by Crippen LogP contribution is 2.23. The van der Waals surface area contributed by atoms with Crippen LogP contribution in [-0.2, 0) is 4.79 Å². The maximum atomic E-state index is 12.9. The monoisotopic (exact) mass is 336 g/mol. The molecule has 2 saturated heterocycles. The van der Waals surface area contributed by atoms with Crippen molar-refractivity contribution in [3.63, 3.8) is 0 Å². The van der Waals surface area contributed by atoms with Gasteiger partial charge >= 0.3 is 0 Å². The van der Waals surface area contributed by atoms with Crippen molar-refractivity contribution in [1.82, 2.24) is 9.80 Å². The molecular formula is C18H25FN2O3. The van der Waals surface area contributed by atoms with E-state index in [4.69, 9.17) is 4.74 Å². The summed E-state index contributed by atoms with van der Waals surface area (Å²) in [4.78, 5) is 16.2. The van der Waals surface area contributed by atoms with Gasteiger partial charge in [-0.2, -0.15) is 0 Å². The molecule has 132 valence electrons. The van der Waals surface area contributed by atoms with Crippen LogP contribution in [0.2, 0.25) is 0 Å². The van der Waals surface area contributed by atoms with E-state index in [1.165, 1.54) is 12.1 Å². The van der Waals surface area contributed by atoms with Gasteiger partial charge in [0.05, 0.1) is 6.54 Å². The molecule has 6 heteroatoms. The van der Waals surface area contributed by atoms with E-state index >= 15 is 0 Å². The standard InChI is InChI=1S/C18H25FN2O3/c19-15-4-6-16(7-5-15)24-14-18(23)8-3-9-20(13-18)12-17(22)21-10-1-2-11-21/h4-7,23H,1-3,8-14H2. The van der Waals surface area contributed by atoms with Gasteiger partial charge in [-0.15, -0.1) is 0 Å². The first-order chi connectivity index (χ1) is 11.5. The molecule has 3 rings (SSSR count). The minimum Gasteiger partial charge on any atom is -0.491 e. The Morgan fingerprint density at radius 1 is 1.17 bits per heavy atom. The van der Waals surface area contributed by atoms with Crippen LogP contribution in [-0.4, -0.2) is 65.7 Å². The Bertz CT molecular complexity index is 560. The van der Waals surface area contributed by atoms with Crippen LogP contribution < -0.4 is 4.74 Å². The summed E-state index contributed by atoms with van der Waals surface area (Å²) < 4.78 is 18.5. The van der Waals surface area contributed by atoms with Gasteiger partial charge in [0.15, 0.2) is 0 Å². The lowest BCUT2D eigenvalue weighted by Gasteiger charge is -2.39. The summed E-state index contributed by atoms with van der Waals surface area (Å²) in [7, 11) is 0. The number of ether oxygens (including phenoxy) is 1. The topological polar surface area (TPSA) is 53.0 Å². The maximum Gasteiger partial charge on any atom is 0.236 e. The first kappa shape index (κ1) is 17.2. The molecule has 0 aliphatic carbocycles. The largest absolute Gasteiger partial charge is 0.491 e. The number of benzene rings is 1. The van der Waals surface area contributed by atoms with Crippen LogP contribution >= 0.6 is 0 Å². The van der Waals surface area contributed by atoms with Gasteiger partial charge in [0.25, 0.3) is 0 Å². The number of carbonyl (C=O) groups is 1. The van der Waals surface area contributed by atoms with E-state index in [0.29, 0.717) is 25.3 Å². The zero-order chi connectivity index (χ0) is 17.0. The van der Waals surface area contributed by atoms with Crippen LogP contribution in [0, 0.1) is 5.82 Å². The lowest BCUT2D eigenvalue weighted by molar-refractivity contribution is -0.133. The number of rotatable bonds is 5. The first-order valence-corrected chi connectivity index (χ1v) is 8.65. The number of hydrogen-bond acceptors (Lipinski definition) is 4. The number of hydrogen-bond donors (Lipinski definition) is 1. The van der Waals surface area contributed by atoms with E-state index in [9.17, 15) is 14.3 Å². The molecule has 0 bridgehead atoms. The van der Waals surface area contributed by atoms with Gasteiger partial charge in [-0.05, 0) is 56.5 Å². The average molecular weight is 336 g/mol. The Kier molecular flexibility index (Phi) is 5.36. The lowest BCUT2D eigenvalue weighted by Crippen LogP contribution is -2.53. The molecule has 1 N–H and O–H groups in total. The van der Waals surface area contributed by atoms with E-state index in [0.717, 1.165) is 38.9 Å². The van der Waals surface area contributed by atoms with E-state index in [1.807, 2.05) is 9.80 Å². The number of amides is 1. The summed E-state index contributed by atoms with van der Waals surface area (Å²) in [5, 5.41) is 10.8. The Labute approximate surface area is 142 Å². The van der Waals surface area contributed by atoms with E-state index in [1.54, 1.807) is 12.1 Å². The van der Waals surface area contributed by atoms with Gasteiger partial charge in [0.1, 0.15) is 23.8 Å². The number of piperidine rings is 1. The molecule has 0 radical (unpaired) electrons. The van der Waals surface area contributed by atoms with Crippen LogP contribution in [0.3, 0.4) is 0 Å². The quantitative estimate of drug-likeness (QED) is 0.888. The molecule has 5 nitrogen and oxygen atoms in total. The number of carbonyl (C=O) groups excluding carboxylic acids is 1. The third-order valence-electron chi connectivity index (χ3n) is 4.77. The van der Waals surface area contributed by atoms with Crippen LogP contribution in [0.15, 0.2) is 24.3 Å². The Morgan fingerprint density at radius 3 is 2.58 bits per heavy atom. The van der Waals surface area contributed by atoms with Gasteiger partial charge in [-0.1, -0.05) is 0 Å². The van der Waals surface area contributed by atoms with E-state index < -0.39 is 5.60 Å². The van der Waals surface area contributed by atoms with Crippen LogP contribution in [0.5, 0.6) is 5.75 Å². The second-order valence-electron chi connectivity index (χ2n) is 6.87. The zero-order valence-electron chi connectivity index (χ0n) is 13.9.